The molecule has 7 heteroatoms. The van der Waals surface area contributed by atoms with Crippen molar-refractivity contribution in [1.29, 1.82) is 0 Å². The zero-order valence-electron chi connectivity index (χ0n) is 20.2. The number of nitrogens with zero attached hydrogens (tertiary/aromatic N) is 1. The van der Waals surface area contributed by atoms with Crippen molar-refractivity contribution in [3.63, 3.8) is 0 Å². The van der Waals surface area contributed by atoms with E-state index < -0.39 is 12.1 Å². The second-order valence-electron chi connectivity index (χ2n) is 9.50. The van der Waals surface area contributed by atoms with Crippen LogP contribution in [0.3, 0.4) is 0 Å². The topological polar surface area (TPSA) is 95.9 Å². The Kier molecular flexibility index (Phi) is 8.06. The Balaban J connectivity index is 1.33. The highest BCUT2D eigenvalue weighted by Gasteiger charge is 2.32. The molecule has 0 saturated heterocycles. The fraction of sp³-hybridized carbons (Fsp3) is 0.464. The molecule has 1 atom stereocenters. The van der Waals surface area contributed by atoms with Crippen LogP contribution < -0.4 is 5.32 Å². The quantitative estimate of drug-likeness (QED) is 0.463. The molecule has 1 fully saturated rings. The smallest absolute Gasteiger partial charge is 0.407 e. The molecular weight excluding hydrogens is 444 g/mol. The molecule has 0 spiro atoms. The monoisotopic (exact) mass is 478 g/mol. The van der Waals surface area contributed by atoms with Gasteiger partial charge in [0.2, 0.25) is 5.91 Å². The summed E-state index contributed by atoms with van der Waals surface area (Å²) in [6.45, 7) is 3.28. The Morgan fingerprint density at radius 3 is 2.26 bits per heavy atom. The van der Waals surface area contributed by atoms with E-state index in [2.05, 4.69) is 29.6 Å². The van der Waals surface area contributed by atoms with Crippen molar-refractivity contribution in [2.24, 2.45) is 11.8 Å². The number of benzene rings is 2. The molecule has 0 radical (unpaired) electrons. The molecule has 2 aliphatic carbocycles. The first kappa shape index (κ1) is 24.8. The average Bonchev–Trinajstić information content (AvgIpc) is 3.63. The molecule has 35 heavy (non-hydrogen) atoms. The van der Waals surface area contributed by atoms with E-state index in [0.29, 0.717) is 25.4 Å². The third kappa shape index (κ3) is 6.21. The highest BCUT2D eigenvalue weighted by molar-refractivity contribution is 5.80. The normalized spacial score (nSPS) is 15.1. The van der Waals surface area contributed by atoms with Gasteiger partial charge in [0.25, 0.3) is 0 Å². The van der Waals surface area contributed by atoms with Gasteiger partial charge in [-0.25, -0.2) is 4.79 Å². The van der Waals surface area contributed by atoms with E-state index in [1.807, 2.05) is 31.2 Å². The maximum atomic E-state index is 13.2. The minimum atomic E-state index is -0.861. The molecule has 2 aliphatic rings. The van der Waals surface area contributed by atoms with Crippen molar-refractivity contribution < 1.29 is 24.2 Å². The van der Waals surface area contributed by atoms with Crippen LogP contribution in [0.15, 0.2) is 48.5 Å². The van der Waals surface area contributed by atoms with E-state index in [-0.39, 0.29) is 37.3 Å². The van der Waals surface area contributed by atoms with Crippen LogP contribution in [-0.2, 0) is 14.3 Å². The summed E-state index contributed by atoms with van der Waals surface area (Å²) in [5.41, 5.74) is 4.66. The molecule has 4 rings (SSSR count). The number of rotatable bonds is 12. The summed E-state index contributed by atoms with van der Waals surface area (Å²) in [7, 11) is 0. The highest BCUT2D eigenvalue weighted by atomic mass is 16.5. The van der Waals surface area contributed by atoms with Crippen LogP contribution in [0.5, 0.6) is 0 Å². The van der Waals surface area contributed by atoms with Gasteiger partial charge in [0.15, 0.2) is 0 Å². The number of carbonyl (C=O) groups excluding carboxylic acids is 2. The fourth-order valence-electron chi connectivity index (χ4n) is 4.99. The van der Waals surface area contributed by atoms with Crippen LogP contribution in [0.4, 0.5) is 4.79 Å². The zero-order chi connectivity index (χ0) is 24.8. The van der Waals surface area contributed by atoms with E-state index in [4.69, 9.17) is 9.84 Å². The molecule has 1 unspecified atom stereocenters. The number of carboxylic acid groups (broad SMARTS) is 1. The summed E-state index contributed by atoms with van der Waals surface area (Å²) in [4.78, 5) is 38.3. The van der Waals surface area contributed by atoms with Crippen molar-refractivity contribution in [1.82, 2.24) is 10.2 Å². The molecule has 7 nitrogen and oxygen atoms in total. The van der Waals surface area contributed by atoms with Crippen molar-refractivity contribution in [2.75, 3.05) is 26.2 Å². The number of amides is 2. The number of alkyl carbamates (subject to hydrolysis) is 1. The maximum Gasteiger partial charge on any atom is 0.407 e. The van der Waals surface area contributed by atoms with Gasteiger partial charge in [0.05, 0.1) is 5.92 Å². The summed E-state index contributed by atoms with van der Waals surface area (Å²) in [6, 6.07) is 16.4. The van der Waals surface area contributed by atoms with Crippen molar-refractivity contribution in [3.05, 3.63) is 59.7 Å². The SMILES string of the molecule is CCN(CCCC(=O)O)C(=O)C(CNC(=O)OCC1c2ccccc2-c2ccccc21)CC1CC1. The molecule has 2 N–H and O–H groups in total. The molecule has 2 aromatic carbocycles. The van der Waals surface area contributed by atoms with E-state index in [0.717, 1.165) is 30.4 Å². The summed E-state index contributed by atoms with van der Waals surface area (Å²) in [6.07, 6.45) is 2.90. The third-order valence-corrected chi connectivity index (χ3v) is 7.01. The summed E-state index contributed by atoms with van der Waals surface area (Å²) < 4.78 is 5.63. The number of hydrogen-bond donors (Lipinski definition) is 2. The summed E-state index contributed by atoms with van der Waals surface area (Å²) >= 11 is 0. The molecule has 0 heterocycles. The number of nitrogens with one attached hydrogen (secondary N) is 1. The van der Waals surface area contributed by atoms with Crippen LogP contribution in [0.1, 0.15) is 56.1 Å². The van der Waals surface area contributed by atoms with Gasteiger partial charge in [-0.1, -0.05) is 61.4 Å². The lowest BCUT2D eigenvalue weighted by Gasteiger charge is -2.26. The maximum absolute atomic E-state index is 13.2. The van der Waals surface area contributed by atoms with Gasteiger partial charge in [-0.3, -0.25) is 9.59 Å². The van der Waals surface area contributed by atoms with Gasteiger partial charge in [-0.2, -0.15) is 0 Å². The summed E-state index contributed by atoms with van der Waals surface area (Å²) in [5, 5.41) is 11.7. The second kappa shape index (κ2) is 11.4. The molecule has 186 valence electrons. The van der Waals surface area contributed by atoms with Gasteiger partial charge in [-0.15, -0.1) is 0 Å². The predicted molar refractivity (Wildman–Crippen MR) is 133 cm³/mol. The molecular formula is C28H34N2O5. The second-order valence-corrected chi connectivity index (χ2v) is 9.50. The lowest BCUT2D eigenvalue weighted by atomic mass is 9.98. The highest BCUT2D eigenvalue weighted by Crippen LogP contribution is 2.44. The van der Waals surface area contributed by atoms with Crippen LogP contribution in [0.25, 0.3) is 11.1 Å². The minimum Gasteiger partial charge on any atom is -0.481 e. The lowest BCUT2D eigenvalue weighted by molar-refractivity contribution is -0.139. The number of fused-ring (bicyclic) bond motifs is 3. The third-order valence-electron chi connectivity index (χ3n) is 7.01. The number of hydrogen-bond acceptors (Lipinski definition) is 4. The molecule has 0 aromatic heterocycles. The molecule has 2 aromatic rings. The van der Waals surface area contributed by atoms with Crippen LogP contribution in [0.2, 0.25) is 0 Å². The molecule has 1 saturated carbocycles. The lowest BCUT2D eigenvalue weighted by Crippen LogP contribution is -2.42. The minimum absolute atomic E-state index is 0.0122. The van der Waals surface area contributed by atoms with Gasteiger partial charge < -0.3 is 20.1 Å². The number of carboxylic acids is 1. The zero-order valence-corrected chi connectivity index (χ0v) is 20.2. The molecule has 2 amide bonds. The number of carbonyl (C=O) groups is 3. The standard InChI is InChI=1S/C28H34N2O5/c1-2-30(15-7-12-26(31)32)27(33)20(16-19-13-14-19)17-29-28(34)35-18-25-23-10-5-3-8-21(23)22-9-4-6-11-24(22)25/h3-6,8-11,19-20,25H,2,7,12-18H2,1H3,(H,29,34)(H,31,32). The Labute approximate surface area is 206 Å². The van der Waals surface area contributed by atoms with Gasteiger partial charge in [-0.05, 0) is 47.9 Å². The molecule has 0 aliphatic heterocycles. The first-order chi connectivity index (χ1) is 17.0. The first-order valence-corrected chi connectivity index (χ1v) is 12.6. The average molecular weight is 479 g/mol. The largest absolute Gasteiger partial charge is 0.481 e. The van der Waals surface area contributed by atoms with Crippen molar-refractivity contribution >= 4 is 18.0 Å². The van der Waals surface area contributed by atoms with E-state index in [1.165, 1.54) is 11.1 Å². The Morgan fingerprint density at radius 2 is 1.69 bits per heavy atom. The fourth-order valence-corrected chi connectivity index (χ4v) is 4.99. The predicted octanol–water partition coefficient (Wildman–Crippen LogP) is 4.65. The van der Waals surface area contributed by atoms with E-state index in [1.54, 1.807) is 4.90 Å². The Hall–Kier alpha value is -3.35. The van der Waals surface area contributed by atoms with Gasteiger partial charge in [0, 0.05) is 32.0 Å². The van der Waals surface area contributed by atoms with Gasteiger partial charge in [0.1, 0.15) is 6.61 Å². The van der Waals surface area contributed by atoms with Crippen molar-refractivity contribution in [2.45, 2.75) is 44.9 Å². The molecule has 0 bridgehead atoms. The van der Waals surface area contributed by atoms with Crippen LogP contribution >= 0.6 is 0 Å². The van der Waals surface area contributed by atoms with Crippen molar-refractivity contribution in [3.8, 4) is 11.1 Å². The Bertz CT molecular complexity index is 1020. The number of aliphatic carboxylic acids is 1. The van der Waals surface area contributed by atoms with E-state index in [9.17, 15) is 14.4 Å². The first-order valence-electron chi connectivity index (χ1n) is 12.6. The number of ether oxygens (including phenoxy) is 1. The van der Waals surface area contributed by atoms with Gasteiger partial charge >= 0.3 is 12.1 Å². The van der Waals surface area contributed by atoms with Crippen LogP contribution in [-0.4, -0.2) is 54.2 Å². The summed E-state index contributed by atoms with van der Waals surface area (Å²) in [5.74, 6) is -0.704. The Morgan fingerprint density at radius 1 is 1.06 bits per heavy atom. The van der Waals surface area contributed by atoms with E-state index >= 15 is 0 Å². The van der Waals surface area contributed by atoms with Crippen LogP contribution in [0, 0.1) is 11.8 Å².